The molecule has 4 rings (SSSR count). The van der Waals surface area contributed by atoms with E-state index in [0.29, 0.717) is 5.92 Å². The van der Waals surface area contributed by atoms with Crippen LogP contribution in [0, 0.1) is 5.92 Å². The number of hydrogen-bond donors (Lipinski definition) is 0. The van der Waals surface area contributed by atoms with E-state index in [-0.39, 0.29) is 0 Å². The van der Waals surface area contributed by atoms with E-state index in [1.807, 2.05) is 6.07 Å². The molecule has 0 saturated heterocycles. The Morgan fingerprint density at radius 3 is 2.82 bits per heavy atom. The van der Waals surface area contributed by atoms with Crippen molar-refractivity contribution in [3.63, 3.8) is 0 Å². The fourth-order valence-electron chi connectivity index (χ4n) is 3.06. The monoisotopic (exact) mass is 222 g/mol. The van der Waals surface area contributed by atoms with Crippen LogP contribution in [-0.2, 0) is 6.42 Å². The van der Waals surface area contributed by atoms with E-state index in [4.69, 9.17) is 4.42 Å². The molecule has 2 bridgehead atoms. The highest BCUT2D eigenvalue weighted by Gasteiger charge is 2.32. The van der Waals surface area contributed by atoms with Crippen molar-refractivity contribution in [2.45, 2.75) is 18.8 Å². The number of fused-ring (bicyclic) bond motifs is 4. The third-order valence-electron chi connectivity index (χ3n) is 3.89. The molecule has 0 amide bonds. The fourth-order valence-corrected chi connectivity index (χ4v) is 3.06. The summed E-state index contributed by atoms with van der Waals surface area (Å²) in [4.78, 5) is 0. The molecule has 1 heterocycles. The van der Waals surface area contributed by atoms with Gasteiger partial charge in [-0.1, -0.05) is 42.5 Å². The Labute approximate surface area is 101 Å². The Morgan fingerprint density at radius 1 is 1.06 bits per heavy atom. The van der Waals surface area contributed by atoms with Gasteiger partial charge in [0.25, 0.3) is 0 Å². The quantitative estimate of drug-likeness (QED) is 0.660. The van der Waals surface area contributed by atoms with E-state index in [1.165, 1.54) is 23.3 Å². The molecule has 84 valence electrons. The van der Waals surface area contributed by atoms with Gasteiger partial charge in [0.2, 0.25) is 0 Å². The van der Waals surface area contributed by atoms with Crippen LogP contribution in [0.5, 0.6) is 0 Å². The average Bonchev–Trinajstić information content (AvgIpc) is 2.97. The molecule has 1 aromatic carbocycles. The standard InChI is InChI=1S/C16H14O/c1-2-4-12(5-3-1)15-10-14-9-11-6-7-13(8-11)16(14)17-15/h1-7,10-11,13H,8-9H2. The third kappa shape index (κ3) is 1.39. The highest BCUT2D eigenvalue weighted by molar-refractivity contribution is 5.59. The Kier molecular flexibility index (Phi) is 1.84. The molecule has 0 aliphatic heterocycles. The van der Waals surface area contributed by atoms with Crippen molar-refractivity contribution in [2.24, 2.45) is 5.92 Å². The first-order chi connectivity index (χ1) is 8.40. The fraction of sp³-hybridized carbons (Fsp3) is 0.250. The second kappa shape index (κ2) is 3.36. The molecule has 0 radical (unpaired) electrons. The minimum Gasteiger partial charge on any atom is -0.460 e. The Hall–Kier alpha value is -1.76. The zero-order valence-electron chi connectivity index (χ0n) is 9.60. The van der Waals surface area contributed by atoms with Crippen molar-refractivity contribution in [1.82, 2.24) is 0 Å². The molecular weight excluding hydrogens is 208 g/mol. The van der Waals surface area contributed by atoms with Gasteiger partial charge >= 0.3 is 0 Å². The van der Waals surface area contributed by atoms with Gasteiger partial charge in [-0.2, -0.15) is 0 Å². The first-order valence-corrected chi connectivity index (χ1v) is 6.26. The molecule has 1 nitrogen and oxygen atoms in total. The summed E-state index contributed by atoms with van der Waals surface area (Å²) < 4.78 is 6.07. The zero-order chi connectivity index (χ0) is 11.2. The summed E-state index contributed by atoms with van der Waals surface area (Å²) >= 11 is 0. The summed E-state index contributed by atoms with van der Waals surface area (Å²) in [7, 11) is 0. The zero-order valence-corrected chi connectivity index (χ0v) is 9.60. The third-order valence-corrected chi connectivity index (χ3v) is 3.89. The van der Waals surface area contributed by atoms with Crippen molar-refractivity contribution < 1.29 is 4.42 Å². The van der Waals surface area contributed by atoms with Crippen LogP contribution in [-0.4, -0.2) is 0 Å². The van der Waals surface area contributed by atoms with E-state index < -0.39 is 0 Å². The Morgan fingerprint density at radius 2 is 1.94 bits per heavy atom. The molecule has 2 unspecified atom stereocenters. The van der Waals surface area contributed by atoms with Crippen molar-refractivity contribution in [3.8, 4) is 11.3 Å². The predicted octanol–water partition coefficient (Wildman–Crippen LogP) is 4.16. The second-order valence-corrected chi connectivity index (χ2v) is 5.06. The van der Waals surface area contributed by atoms with Crippen LogP contribution in [0.4, 0.5) is 0 Å². The summed E-state index contributed by atoms with van der Waals surface area (Å²) in [5, 5.41) is 0. The van der Waals surface area contributed by atoms with Crippen LogP contribution in [0.1, 0.15) is 23.7 Å². The molecule has 2 aliphatic rings. The largest absolute Gasteiger partial charge is 0.460 e. The number of hydrogen-bond acceptors (Lipinski definition) is 1. The van der Waals surface area contributed by atoms with E-state index in [2.05, 4.69) is 42.5 Å². The van der Waals surface area contributed by atoms with Crippen LogP contribution in [0.3, 0.4) is 0 Å². The van der Waals surface area contributed by atoms with Crippen molar-refractivity contribution in [3.05, 3.63) is 59.9 Å². The molecule has 17 heavy (non-hydrogen) atoms. The lowest BCUT2D eigenvalue weighted by Gasteiger charge is -2.17. The van der Waals surface area contributed by atoms with Crippen LogP contribution in [0.15, 0.2) is 53.0 Å². The van der Waals surface area contributed by atoms with Gasteiger partial charge in [0.15, 0.2) is 0 Å². The molecule has 1 aromatic heterocycles. The number of allylic oxidation sites excluding steroid dienone is 2. The number of rotatable bonds is 1. The summed E-state index contributed by atoms with van der Waals surface area (Å²) in [5.74, 6) is 3.50. The SMILES string of the molecule is C1=CC2CC1Cc1cc(-c3ccccc3)oc12. The predicted molar refractivity (Wildman–Crippen MR) is 67.8 cm³/mol. The molecular formula is C16H14O. The van der Waals surface area contributed by atoms with Crippen LogP contribution in [0.2, 0.25) is 0 Å². The molecule has 2 aromatic rings. The van der Waals surface area contributed by atoms with E-state index in [9.17, 15) is 0 Å². The molecule has 1 heteroatoms. The van der Waals surface area contributed by atoms with Gasteiger partial charge in [0.1, 0.15) is 11.5 Å². The Balaban J connectivity index is 1.81. The second-order valence-electron chi connectivity index (χ2n) is 5.06. The number of benzene rings is 1. The smallest absolute Gasteiger partial charge is 0.134 e. The van der Waals surface area contributed by atoms with E-state index >= 15 is 0 Å². The average molecular weight is 222 g/mol. The summed E-state index contributed by atoms with van der Waals surface area (Å²) in [6.07, 6.45) is 7.06. The van der Waals surface area contributed by atoms with Gasteiger partial charge in [0.05, 0.1) is 0 Å². The van der Waals surface area contributed by atoms with Crippen molar-refractivity contribution in [2.75, 3.05) is 0 Å². The van der Waals surface area contributed by atoms with Gasteiger partial charge in [-0.15, -0.1) is 0 Å². The maximum Gasteiger partial charge on any atom is 0.134 e. The minimum atomic E-state index is 0.529. The topological polar surface area (TPSA) is 13.1 Å². The molecule has 0 fully saturated rings. The molecule has 0 saturated carbocycles. The van der Waals surface area contributed by atoms with Gasteiger partial charge in [-0.3, -0.25) is 0 Å². The lowest BCUT2D eigenvalue weighted by atomic mass is 9.87. The van der Waals surface area contributed by atoms with Crippen LogP contribution >= 0.6 is 0 Å². The van der Waals surface area contributed by atoms with Gasteiger partial charge in [0, 0.05) is 11.5 Å². The highest BCUT2D eigenvalue weighted by Crippen LogP contribution is 2.44. The minimum absolute atomic E-state index is 0.529. The van der Waals surface area contributed by atoms with Crippen molar-refractivity contribution in [1.29, 1.82) is 0 Å². The highest BCUT2D eigenvalue weighted by atomic mass is 16.3. The first kappa shape index (κ1) is 9.29. The van der Waals surface area contributed by atoms with E-state index in [1.54, 1.807) is 0 Å². The molecule has 0 N–H and O–H groups in total. The lowest BCUT2D eigenvalue weighted by molar-refractivity contribution is 0.443. The number of furan rings is 1. The van der Waals surface area contributed by atoms with Crippen molar-refractivity contribution >= 4 is 0 Å². The first-order valence-electron chi connectivity index (χ1n) is 6.26. The normalized spacial score (nSPS) is 24.9. The summed E-state index contributed by atoms with van der Waals surface area (Å²) in [5.41, 5.74) is 2.59. The molecule has 2 aliphatic carbocycles. The van der Waals surface area contributed by atoms with Gasteiger partial charge in [-0.25, -0.2) is 0 Å². The molecule has 2 atom stereocenters. The summed E-state index contributed by atoms with van der Waals surface area (Å²) in [6, 6.07) is 12.6. The van der Waals surface area contributed by atoms with Gasteiger partial charge in [-0.05, 0) is 30.4 Å². The summed E-state index contributed by atoms with van der Waals surface area (Å²) in [6.45, 7) is 0. The molecule has 0 spiro atoms. The van der Waals surface area contributed by atoms with Gasteiger partial charge < -0.3 is 4.42 Å². The maximum absolute atomic E-state index is 6.07. The lowest BCUT2D eigenvalue weighted by Crippen LogP contribution is -2.08. The van der Waals surface area contributed by atoms with Crippen LogP contribution in [0.25, 0.3) is 11.3 Å². The maximum atomic E-state index is 6.07. The Bertz CT molecular complexity index is 577. The van der Waals surface area contributed by atoms with E-state index in [0.717, 1.165) is 18.1 Å². The van der Waals surface area contributed by atoms with Crippen LogP contribution < -0.4 is 0 Å².